The van der Waals surface area contributed by atoms with E-state index in [-0.39, 0.29) is 23.5 Å². The molecule has 1 aliphatic carbocycles. The Bertz CT molecular complexity index is 1070. The SMILES string of the molecule is CCOc1cccc(C2/C(=C(/O)c3ccc(OC(C)C)cc3)C(=O)C(=O)N2C2CCCCC2)c1. The molecule has 1 amide bonds. The zero-order valence-electron chi connectivity index (χ0n) is 20.1. The first-order valence-electron chi connectivity index (χ1n) is 12.2. The number of aliphatic hydroxyl groups is 1. The van der Waals surface area contributed by atoms with E-state index in [4.69, 9.17) is 9.47 Å². The second-order valence-electron chi connectivity index (χ2n) is 9.19. The van der Waals surface area contributed by atoms with E-state index >= 15 is 0 Å². The van der Waals surface area contributed by atoms with Gasteiger partial charge >= 0.3 is 0 Å². The number of hydrogen-bond donors (Lipinski definition) is 1. The predicted molar refractivity (Wildman–Crippen MR) is 131 cm³/mol. The Morgan fingerprint density at radius 1 is 1.03 bits per heavy atom. The lowest BCUT2D eigenvalue weighted by molar-refractivity contribution is -0.141. The zero-order valence-corrected chi connectivity index (χ0v) is 20.1. The van der Waals surface area contributed by atoms with Gasteiger partial charge in [-0.15, -0.1) is 0 Å². The molecular weight excluding hydrogens is 430 g/mol. The molecule has 180 valence electrons. The van der Waals surface area contributed by atoms with E-state index in [2.05, 4.69) is 0 Å². The third-order valence-corrected chi connectivity index (χ3v) is 6.43. The number of ketones is 1. The van der Waals surface area contributed by atoms with E-state index in [1.807, 2.05) is 45.0 Å². The van der Waals surface area contributed by atoms with Crippen LogP contribution in [0.25, 0.3) is 5.76 Å². The summed E-state index contributed by atoms with van der Waals surface area (Å²) >= 11 is 0. The van der Waals surface area contributed by atoms with Gasteiger partial charge in [0.05, 0.1) is 24.3 Å². The summed E-state index contributed by atoms with van der Waals surface area (Å²) in [5.74, 6) is -0.00317. The van der Waals surface area contributed by atoms with Crippen LogP contribution in [0.15, 0.2) is 54.1 Å². The highest BCUT2D eigenvalue weighted by atomic mass is 16.5. The summed E-state index contributed by atoms with van der Waals surface area (Å²) < 4.78 is 11.4. The van der Waals surface area contributed by atoms with Gasteiger partial charge in [0, 0.05) is 11.6 Å². The van der Waals surface area contributed by atoms with Crippen molar-refractivity contribution >= 4 is 17.4 Å². The fourth-order valence-electron chi connectivity index (χ4n) is 4.97. The van der Waals surface area contributed by atoms with Crippen molar-refractivity contribution in [2.75, 3.05) is 6.61 Å². The van der Waals surface area contributed by atoms with Crippen LogP contribution in [0.3, 0.4) is 0 Å². The number of aliphatic hydroxyl groups excluding tert-OH is 1. The van der Waals surface area contributed by atoms with Crippen molar-refractivity contribution in [3.63, 3.8) is 0 Å². The average molecular weight is 464 g/mol. The Hall–Kier alpha value is -3.28. The molecule has 1 aliphatic heterocycles. The van der Waals surface area contributed by atoms with Crippen molar-refractivity contribution in [3.05, 3.63) is 65.2 Å². The number of amides is 1. The zero-order chi connectivity index (χ0) is 24.2. The molecule has 6 nitrogen and oxygen atoms in total. The number of rotatable bonds is 7. The average Bonchev–Trinajstić information content (AvgIpc) is 3.10. The van der Waals surface area contributed by atoms with Crippen molar-refractivity contribution in [2.45, 2.75) is 71.1 Å². The first-order valence-corrected chi connectivity index (χ1v) is 12.2. The number of Topliss-reactive ketones (excluding diaryl/α,β-unsaturated/α-hetero) is 1. The number of benzene rings is 2. The maximum Gasteiger partial charge on any atom is 0.295 e. The van der Waals surface area contributed by atoms with Gasteiger partial charge in [-0.05, 0) is 75.6 Å². The summed E-state index contributed by atoms with van der Waals surface area (Å²) in [5, 5.41) is 11.3. The van der Waals surface area contributed by atoms with Crippen molar-refractivity contribution in [1.82, 2.24) is 4.90 Å². The van der Waals surface area contributed by atoms with Crippen LogP contribution < -0.4 is 9.47 Å². The molecule has 0 radical (unpaired) electrons. The first kappa shape index (κ1) is 23.9. The molecule has 2 aromatic rings. The minimum Gasteiger partial charge on any atom is -0.507 e. The van der Waals surface area contributed by atoms with Gasteiger partial charge < -0.3 is 19.5 Å². The van der Waals surface area contributed by atoms with Crippen molar-refractivity contribution in [1.29, 1.82) is 0 Å². The molecule has 1 atom stereocenters. The number of carbonyl (C=O) groups excluding carboxylic acids is 2. The van der Waals surface area contributed by atoms with E-state index in [9.17, 15) is 14.7 Å². The number of carbonyl (C=O) groups is 2. The quantitative estimate of drug-likeness (QED) is 0.327. The van der Waals surface area contributed by atoms with Crippen LogP contribution >= 0.6 is 0 Å². The van der Waals surface area contributed by atoms with Gasteiger partial charge in [0.25, 0.3) is 11.7 Å². The molecule has 4 rings (SSSR count). The number of hydrogen-bond acceptors (Lipinski definition) is 5. The maximum absolute atomic E-state index is 13.3. The molecule has 1 saturated carbocycles. The highest BCUT2D eigenvalue weighted by molar-refractivity contribution is 6.46. The third kappa shape index (κ3) is 4.81. The lowest BCUT2D eigenvalue weighted by Crippen LogP contribution is -2.40. The number of nitrogens with zero attached hydrogens (tertiary/aromatic N) is 1. The third-order valence-electron chi connectivity index (χ3n) is 6.43. The summed E-state index contributed by atoms with van der Waals surface area (Å²) in [5.41, 5.74) is 1.36. The predicted octanol–water partition coefficient (Wildman–Crippen LogP) is 5.63. The second kappa shape index (κ2) is 10.3. The molecule has 6 heteroatoms. The molecule has 0 aromatic heterocycles. The standard InChI is InChI=1S/C28H33NO5/c1-4-33-23-12-8-9-20(17-23)25-24(26(30)19-13-15-22(16-14-19)34-18(2)3)27(31)28(32)29(25)21-10-6-5-7-11-21/h8-9,12-18,21,25,30H,4-7,10-11H2,1-3H3/b26-24-. The molecular formula is C28H33NO5. The summed E-state index contributed by atoms with van der Waals surface area (Å²) in [4.78, 5) is 28.3. The Labute approximate surface area is 201 Å². The molecule has 1 N–H and O–H groups in total. The van der Waals surface area contributed by atoms with Gasteiger partial charge in [0.1, 0.15) is 17.3 Å². The maximum atomic E-state index is 13.3. The first-order chi connectivity index (χ1) is 16.4. The highest BCUT2D eigenvalue weighted by Gasteiger charge is 2.48. The van der Waals surface area contributed by atoms with Crippen LogP contribution in [0.1, 0.15) is 70.0 Å². The molecule has 0 bridgehead atoms. The Kier molecular flexibility index (Phi) is 7.25. The van der Waals surface area contributed by atoms with Crippen molar-refractivity contribution in [2.24, 2.45) is 0 Å². The number of ether oxygens (including phenoxy) is 2. The van der Waals surface area contributed by atoms with Gasteiger partial charge in [-0.25, -0.2) is 0 Å². The minimum atomic E-state index is -0.657. The summed E-state index contributed by atoms with van der Waals surface area (Å²) in [7, 11) is 0. The molecule has 2 aliphatic rings. The smallest absolute Gasteiger partial charge is 0.295 e. The molecule has 2 aromatic carbocycles. The van der Waals surface area contributed by atoms with Crippen LogP contribution in [0.5, 0.6) is 11.5 Å². The van der Waals surface area contributed by atoms with E-state index in [0.29, 0.717) is 23.7 Å². The fourth-order valence-corrected chi connectivity index (χ4v) is 4.97. The van der Waals surface area contributed by atoms with E-state index in [1.54, 1.807) is 29.2 Å². The highest BCUT2D eigenvalue weighted by Crippen LogP contribution is 2.43. The van der Waals surface area contributed by atoms with Crippen molar-refractivity contribution < 1.29 is 24.2 Å². The fraction of sp³-hybridized carbons (Fsp3) is 0.429. The Morgan fingerprint density at radius 3 is 2.38 bits per heavy atom. The summed E-state index contributed by atoms with van der Waals surface area (Å²) in [6, 6.07) is 13.7. The monoisotopic (exact) mass is 463 g/mol. The molecule has 0 spiro atoms. The Morgan fingerprint density at radius 2 is 1.74 bits per heavy atom. The lowest BCUT2D eigenvalue weighted by Gasteiger charge is -2.35. The van der Waals surface area contributed by atoms with Crippen LogP contribution in [0, 0.1) is 0 Å². The van der Waals surface area contributed by atoms with Gasteiger partial charge in [-0.2, -0.15) is 0 Å². The van der Waals surface area contributed by atoms with Gasteiger partial charge in [0.2, 0.25) is 0 Å². The molecule has 2 fully saturated rings. The van der Waals surface area contributed by atoms with Gasteiger partial charge in [0.15, 0.2) is 0 Å². The molecule has 1 saturated heterocycles. The number of likely N-dealkylation sites (tertiary alicyclic amines) is 1. The van der Waals surface area contributed by atoms with E-state index in [0.717, 1.165) is 37.7 Å². The topological polar surface area (TPSA) is 76.1 Å². The molecule has 1 heterocycles. The molecule has 1 unspecified atom stereocenters. The van der Waals surface area contributed by atoms with Gasteiger partial charge in [-0.3, -0.25) is 9.59 Å². The van der Waals surface area contributed by atoms with E-state index in [1.165, 1.54) is 0 Å². The van der Waals surface area contributed by atoms with Crippen LogP contribution in [-0.2, 0) is 9.59 Å². The Balaban J connectivity index is 1.80. The van der Waals surface area contributed by atoms with Crippen LogP contribution in [-0.4, -0.2) is 40.4 Å². The van der Waals surface area contributed by atoms with Crippen LogP contribution in [0.4, 0.5) is 0 Å². The second-order valence-corrected chi connectivity index (χ2v) is 9.19. The normalized spacial score (nSPS) is 20.7. The van der Waals surface area contributed by atoms with Crippen LogP contribution in [0.2, 0.25) is 0 Å². The molecule has 34 heavy (non-hydrogen) atoms. The largest absolute Gasteiger partial charge is 0.507 e. The van der Waals surface area contributed by atoms with Gasteiger partial charge in [-0.1, -0.05) is 31.4 Å². The lowest BCUT2D eigenvalue weighted by atomic mass is 9.91. The summed E-state index contributed by atoms with van der Waals surface area (Å²) in [6.45, 7) is 6.30. The minimum absolute atomic E-state index is 0.0258. The van der Waals surface area contributed by atoms with E-state index < -0.39 is 17.7 Å². The van der Waals surface area contributed by atoms with Crippen molar-refractivity contribution in [3.8, 4) is 11.5 Å². The summed E-state index contributed by atoms with van der Waals surface area (Å²) in [6.07, 6.45) is 4.92.